The molecule has 16 heavy (non-hydrogen) atoms. The van der Waals surface area contributed by atoms with Gasteiger partial charge in [-0.25, -0.2) is 0 Å². The van der Waals surface area contributed by atoms with Crippen molar-refractivity contribution in [3.63, 3.8) is 0 Å². The average molecular weight is 303 g/mol. The van der Waals surface area contributed by atoms with E-state index in [0.717, 1.165) is 34.6 Å². The summed E-state index contributed by atoms with van der Waals surface area (Å²) < 4.78 is 12.4. The van der Waals surface area contributed by atoms with Crippen molar-refractivity contribution in [2.24, 2.45) is 5.73 Å². The lowest BCUT2D eigenvalue weighted by Crippen LogP contribution is -2.38. The van der Waals surface area contributed by atoms with Crippen LogP contribution in [0.25, 0.3) is 0 Å². The third-order valence-corrected chi connectivity index (χ3v) is 4.84. The zero-order chi connectivity index (χ0) is 11.5. The smallest absolute Gasteiger partial charge is 0.0423 e. The summed E-state index contributed by atoms with van der Waals surface area (Å²) in [6.07, 6.45) is 0. The van der Waals surface area contributed by atoms with Crippen molar-refractivity contribution in [1.82, 2.24) is 0 Å². The molecule has 1 heterocycles. The molecule has 1 aromatic rings. The van der Waals surface area contributed by atoms with Crippen molar-refractivity contribution in [2.75, 3.05) is 29.5 Å². The van der Waals surface area contributed by atoms with E-state index in [1.54, 1.807) is 0 Å². The lowest BCUT2D eigenvalue weighted by Gasteiger charge is -2.30. The van der Waals surface area contributed by atoms with Gasteiger partial charge in [-0.1, -0.05) is 22.0 Å². The SMILES string of the molecule is NCc1c(Br)cccc1N1CCS(=O)CC1. The zero-order valence-corrected chi connectivity index (χ0v) is 11.4. The van der Waals surface area contributed by atoms with Gasteiger partial charge >= 0.3 is 0 Å². The highest BCUT2D eigenvalue weighted by Crippen LogP contribution is 2.28. The molecule has 2 rings (SSSR count). The molecule has 0 radical (unpaired) electrons. The first-order chi connectivity index (χ1) is 7.72. The Labute approximate surface area is 107 Å². The van der Waals surface area contributed by atoms with Gasteiger partial charge < -0.3 is 10.6 Å². The lowest BCUT2D eigenvalue weighted by atomic mass is 10.1. The van der Waals surface area contributed by atoms with Gasteiger partial charge in [-0.3, -0.25) is 4.21 Å². The summed E-state index contributed by atoms with van der Waals surface area (Å²) >= 11 is 3.52. The van der Waals surface area contributed by atoms with E-state index in [1.165, 1.54) is 5.69 Å². The van der Waals surface area contributed by atoms with Crippen LogP contribution >= 0.6 is 15.9 Å². The quantitative estimate of drug-likeness (QED) is 0.900. The van der Waals surface area contributed by atoms with Crippen molar-refractivity contribution in [2.45, 2.75) is 6.54 Å². The van der Waals surface area contributed by atoms with Gasteiger partial charge in [0.2, 0.25) is 0 Å². The minimum absolute atomic E-state index is 0.524. The molecule has 88 valence electrons. The number of hydrogen-bond acceptors (Lipinski definition) is 3. The van der Waals surface area contributed by atoms with Gasteiger partial charge in [0, 0.05) is 57.7 Å². The number of rotatable bonds is 2. The number of nitrogens with two attached hydrogens (primary N) is 1. The van der Waals surface area contributed by atoms with Crippen molar-refractivity contribution in [1.29, 1.82) is 0 Å². The van der Waals surface area contributed by atoms with E-state index in [1.807, 2.05) is 12.1 Å². The molecule has 0 aromatic heterocycles. The summed E-state index contributed by atoms with van der Waals surface area (Å²) in [4.78, 5) is 2.27. The van der Waals surface area contributed by atoms with Gasteiger partial charge in [0.05, 0.1) is 0 Å². The van der Waals surface area contributed by atoms with Crippen LogP contribution in [0.5, 0.6) is 0 Å². The predicted molar refractivity (Wildman–Crippen MR) is 72.1 cm³/mol. The monoisotopic (exact) mass is 302 g/mol. The fourth-order valence-electron chi connectivity index (χ4n) is 1.92. The van der Waals surface area contributed by atoms with Crippen LogP contribution in [0.15, 0.2) is 22.7 Å². The normalized spacial score (nSPS) is 17.8. The molecule has 1 aliphatic rings. The maximum Gasteiger partial charge on any atom is 0.0423 e. The molecule has 2 N–H and O–H groups in total. The summed E-state index contributed by atoms with van der Waals surface area (Å²) in [6.45, 7) is 2.24. The minimum Gasteiger partial charge on any atom is -0.369 e. The van der Waals surface area contributed by atoms with Crippen molar-refractivity contribution < 1.29 is 4.21 Å². The third-order valence-electron chi connectivity index (χ3n) is 2.82. The molecule has 1 aromatic carbocycles. The van der Waals surface area contributed by atoms with Crippen LogP contribution in [0.2, 0.25) is 0 Å². The van der Waals surface area contributed by atoms with Gasteiger partial charge in [-0.2, -0.15) is 0 Å². The highest BCUT2D eigenvalue weighted by Gasteiger charge is 2.18. The van der Waals surface area contributed by atoms with E-state index in [4.69, 9.17) is 5.73 Å². The lowest BCUT2D eigenvalue weighted by molar-refractivity contribution is 0.673. The maximum absolute atomic E-state index is 11.3. The molecular weight excluding hydrogens is 288 g/mol. The van der Waals surface area contributed by atoms with E-state index in [9.17, 15) is 4.21 Å². The Hall–Kier alpha value is -0.390. The van der Waals surface area contributed by atoms with Crippen LogP contribution in [-0.2, 0) is 17.3 Å². The summed E-state index contributed by atoms with van der Waals surface area (Å²) in [7, 11) is -0.633. The molecule has 1 fully saturated rings. The molecule has 0 aliphatic carbocycles. The second-order valence-electron chi connectivity index (χ2n) is 3.78. The largest absolute Gasteiger partial charge is 0.369 e. The van der Waals surface area contributed by atoms with Crippen LogP contribution in [0.1, 0.15) is 5.56 Å². The third kappa shape index (κ3) is 2.47. The topological polar surface area (TPSA) is 46.3 Å². The fourth-order valence-corrected chi connectivity index (χ4v) is 3.49. The van der Waals surface area contributed by atoms with Crippen LogP contribution in [0, 0.1) is 0 Å². The molecular formula is C11H15BrN2OS. The molecule has 3 nitrogen and oxygen atoms in total. The van der Waals surface area contributed by atoms with Crippen molar-refractivity contribution in [3.05, 3.63) is 28.2 Å². The summed E-state index contributed by atoms with van der Waals surface area (Å²) in [6, 6.07) is 6.11. The van der Waals surface area contributed by atoms with Gasteiger partial charge in [0.15, 0.2) is 0 Å². The van der Waals surface area contributed by atoms with Crippen LogP contribution < -0.4 is 10.6 Å². The second-order valence-corrected chi connectivity index (χ2v) is 6.33. The Morgan fingerprint density at radius 2 is 2.06 bits per heavy atom. The van der Waals surface area contributed by atoms with Crippen molar-refractivity contribution in [3.8, 4) is 0 Å². The molecule has 5 heteroatoms. The standard InChI is InChI=1S/C11H15BrN2OS/c12-10-2-1-3-11(9(10)8-13)14-4-6-16(15)7-5-14/h1-3H,4-8,13H2. The second kappa shape index (κ2) is 5.29. The van der Waals surface area contributed by atoms with E-state index in [0.29, 0.717) is 6.54 Å². The summed E-state index contributed by atoms with van der Waals surface area (Å²) in [5.74, 6) is 1.52. The minimum atomic E-state index is -0.633. The van der Waals surface area contributed by atoms with Crippen molar-refractivity contribution >= 4 is 32.4 Å². The highest BCUT2D eigenvalue weighted by molar-refractivity contribution is 9.10. The highest BCUT2D eigenvalue weighted by atomic mass is 79.9. The van der Waals surface area contributed by atoms with Crippen LogP contribution in [0.4, 0.5) is 5.69 Å². The number of halogens is 1. The molecule has 0 bridgehead atoms. The number of hydrogen-bond donors (Lipinski definition) is 1. The van der Waals surface area contributed by atoms with E-state index in [-0.39, 0.29) is 0 Å². The Morgan fingerprint density at radius 3 is 2.69 bits per heavy atom. The fraction of sp³-hybridized carbons (Fsp3) is 0.455. The Morgan fingerprint density at radius 1 is 1.38 bits per heavy atom. The molecule has 0 spiro atoms. The Balaban J connectivity index is 2.26. The van der Waals surface area contributed by atoms with Gasteiger partial charge in [-0.05, 0) is 12.1 Å². The first kappa shape index (κ1) is 12.1. The van der Waals surface area contributed by atoms with Gasteiger partial charge in [-0.15, -0.1) is 0 Å². The van der Waals surface area contributed by atoms with Gasteiger partial charge in [0.25, 0.3) is 0 Å². The summed E-state index contributed by atoms with van der Waals surface area (Å²) in [5, 5.41) is 0. The van der Waals surface area contributed by atoms with Crippen LogP contribution in [0.3, 0.4) is 0 Å². The molecule has 1 saturated heterocycles. The summed E-state index contributed by atoms with van der Waals surface area (Å²) in [5.41, 5.74) is 8.08. The Kier molecular flexibility index (Phi) is 4.00. The molecule has 0 amide bonds. The number of nitrogens with zero attached hydrogens (tertiary/aromatic N) is 1. The average Bonchev–Trinajstić information content (AvgIpc) is 2.30. The maximum atomic E-state index is 11.3. The molecule has 0 saturated carbocycles. The number of anilines is 1. The van der Waals surface area contributed by atoms with E-state index >= 15 is 0 Å². The zero-order valence-electron chi connectivity index (χ0n) is 8.99. The predicted octanol–water partition coefficient (Wildman–Crippen LogP) is 1.48. The first-order valence-electron chi connectivity index (χ1n) is 5.29. The molecule has 0 atom stereocenters. The first-order valence-corrected chi connectivity index (χ1v) is 7.58. The van der Waals surface area contributed by atoms with E-state index < -0.39 is 10.8 Å². The van der Waals surface area contributed by atoms with E-state index in [2.05, 4.69) is 26.9 Å². The molecule has 0 unspecified atom stereocenters. The number of benzene rings is 1. The molecule has 1 aliphatic heterocycles. The van der Waals surface area contributed by atoms with Gasteiger partial charge in [0.1, 0.15) is 0 Å². The van der Waals surface area contributed by atoms with Crippen LogP contribution in [-0.4, -0.2) is 28.8 Å². The Bertz CT molecular complexity index is 401.